The molecule has 1 amide bonds. The van der Waals surface area contributed by atoms with Gasteiger partial charge >= 0.3 is 5.97 Å². The third kappa shape index (κ3) is 45.9. The van der Waals surface area contributed by atoms with E-state index in [4.69, 9.17) is 4.74 Å². The Morgan fingerprint density at radius 3 is 1.22 bits per heavy atom. The van der Waals surface area contributed by atoms with E-state index in [0.717, 1.165) is 57.8 Å². The van der Waals surface area contributed by atoms with Crippen LogP contribution in [0.4, 0.5) is 0 Å². The summed E-state index contributed by atoms with van der Waals surface area (Å²) in [5, 5.41) is 23.1. The molecule has 3 N–H and O–H groups in total. The van der Waals surface area contributed by atoms with E-state index in [0.29, 0.717) is 19.4 Å². The second kappa shape index (κ2) is 50.0. The molecule has 2 atom stereocenters. The lowest BCUT2D eigenvalue weighted by atomic mass is 10.0. The van der Waals surface area contributed by atoms with E-state index in [1.165, 1.54) is 199 Å². The van der Waals surface area contributed by atoms with Gasteiger partial charge in [-0.05, 0) is 57.8 Å². The predicted octanol–water partition coefficient (Wildman–Crippen LogP) is 15.9. The molecule has 2 unspecified atom stereocenters. The molecular weight excluding hydrogens is 743 g/mol. The van der Waals surface area contributed by atoms with Crippen LogP contribution in [0.1, 0.15) is 284 Å². The molecule has 0 bridgehead atoms. The Balaban J connectivity index is 3.53. The van der Waals surface area contributed by atoms with E-state index in [1.807, 2.05) is 6.08 Å². The van der Waals surface area contributed by atoms with Crippen LogP contribution in [0.5, 0.6) is 0 Å². The SMILES string of the molecule is CCCCC/C=C\CCCCCCCC(=O)OCCCCCCCCCCCC(=O)NC(CO)C(O)/C=C/CCCCCCCCCCCCCCCCCCCCCC. The number of hydrogen-bond acceptors (Lipinski definition) is 5. The Bertz CT molecular complexity index is 935. The van der Waals surface area contributed by atoms with Gasteiger partial charge in [0.1, 0.15) is 0 Å². The Kier molecular flexibility index (Phi) is 48.6. The topological polar surface area (TPSA) is 95.9 Å². The first-order valence-corrected chi connectivity index (χ1v) is 26.6. The summed E-state index contributed by atoms with van der Waals surface area (Å²) in [7, 11) is 0. The third-order valence-corrected chi connectivity index (χ3v) is 12.2. The number of nitrogens with one attached hydrogen (secondary N) is 1. The number of aliphatic hydroxyl groups is 2. The standard InChI is InChI=1S/C54H103NO5/c1-3-5-7-9-11-13-15-17-18-19-20-21-22-23-24-25-26-27-30-34-38-42-46-52(57)51(50-56)55-53(58)47-43-39-35-31-29-33-37-41-45-49-60-54(59)48-44-40-36-32-28-16-14-12-10-8-6-4-2/h12,14,42,46,51-52,56-57H,3-11,13,15-41,43-45,47-50H2,1-2H3,(H,55,58)/b14-12-,46-42+. The highest BCUT2D eigenvalue weighted by Crippen LogP contribution is 2.16. The first-order chi connectivity index (χ1) is 29.5. The molecule has 0 saturated carbocycles. The molecule has 0 aromatic carbocycles. The molecule has 0 aromatic rings. The Labute approximate surface area is 373 Å². The van der Waals surface area contributed by atoms with Gasteiger partial charge in [-0.25, -0.2) is 0 Å². The minimum atomic E-state index is -0.862. The van der Waals surface area contributed by atoms with Crippen LogP contribution in [0.2, 0.25) is 0 Å². The maximum Gasteiger partial charge on any atom is 0.305 e. The fourth-order valence-corrected chi connectivity index (χ4v) is 8.10. The van der Waals surface area contributed by atoms with E-state index in [2.05, 4.69) is 31.3 Å². The zero-order valence-electron chi connectivity index (χ0n) is 40.2. The number of carbonyl (C=O) groups is 2. The molecule has 6 nitrogen and oxygen atoms in total. The van der Waals surface area contributed by atoms with Crippen LogP contribution >= 0.6 is 0 Å². The highest BCUT2D eigenvalue weighted by atomic mass is 16.5. The Morgan fingerprint density at radius 2 is 0.783 bits per heavy atom. The highest BCUT2D eigenvalue weighted by Gasteiger charge is 2.18. The number of aliphatic hydroxyl groups excluding tert-OH is 2. The number of allylic oxidation sites excluding steroid dienone is 3. The van der Waals surface area contributed by atoms with Gasteiger partial charge < -0.3 is 20.3 Å². The van der Waals surface area contributed by atoms with Crippen molar-refractivity contribution in [3.63, 3.8) is 0 Å². The molecular formula is C54H103NO5. The molecule has 0 saturated heterocycles. The van der Waals surface area contributed by atoms with Crippen LogP contribution in [0.15, 0.2) is 24.3 Å². The molecule has 0 heterocycles. The zero-order chi connectivity index (χ0) is 43.7. The van der Waals surface area contributed by atoms with Crippen molar-refractivity contribution in [1.82, 2.24) is 5.32 Å². The lowest BCUT2D eigenvalue weighted by Crippen LogP contribution is -2.45. The zero-order valence-corrected chi connectivity index (χ0v) is 40.2. The first-order valence-electron chi connectivity index (χ1n) is 26.6. The van der Waals surface area contributed by atoms with Crippen LogP contribution in [0, 0.1) is 0 Å². The molecule has 0 aliphatic rings. The van der Waals surface area contributed by atoms with Crippen molar-refractivity contribution in [2.75, 3.05) is 13.2 Å². The van der Waals surface area contributed by atoms with Crippen molar-refractivity contribution in [3.05, 3.63) is 24.3 Å². The minimum absolute atomic E-state index is 0.0370. The molecule has 6 heteroatoms. The largest absolute Gasteiger partial charge is 0.466 e. The van der Waals surface area contributed by atoms with E-state index in [9.17, 15) is 19.8 Å². The van der Waals surface area contributed by atoms with Crippen LogP contribution in [0.3, 0.4) is 0 Å². The molecule has 0 aliphatic heterocycles. The van der Waals surface area contributed by atoms with Gasteiger partial charge in [0.2, 0.25) is 5.91 Å². The van der Waals surface area contributed by atoms with Crippen LogP contribution in [-0.2, 0) is 14.3 Å². The van der Waals surface area contributed by atoms with Gasteiger partial charge in [0.25, 0.3) is 0 Å². The number of amides is 1. The predicted molar refractivity (Wildman–Crippen MR) is 260 cm³/mol. The van der Waals surface area contributed by atoms with Crippen molar-refractivity contribution in [3.8, 4) is 0 Å². The second-order valence-electron chi connectivity index (χ2n) is 18.2. The van der Waals surface area contributed by atoms with Gasteiger partial charge in [0.15, 0.2) is 0 Å². The summed E-state index contributed by atoms with van der Waals surface area (Å²) >= 11 is 0. The van der Waals surface area contributed by atoms with Gasteiger partial charge in [-0.3, -0.25) is 9.59 Å². The monoisotopic (exact) mass is 846 g/mol. The number of carbonyl (C=O) groups excluding carboxylic acids is 2. The smallest absolute Gasteiger partial charge is 0.305 e. The average Bonchev–Trinajstić information content (AvgIpc) is 3.25. The van der Waals surface area contributed by atoms with Crippen molar-refractivity contribution >= 4 is 11.9 Å². The first kappa shape index (κ1) is 58.3. The highest BCUT2D eigenvalue weighted by molar-refractivity contribution is 5.76. The van der Waals surface area contributed by atoms with Gasteiger partial charge in [0, 0.05) is 12.8 Å². The fourth-order valence-electron chi connectivity index (χ4n) is 8.10. The Morgan fingerprint density at radius 1 is 0.450 bits per heavy atom. The molecule has 0 rings (SSSR count). The van der Waals surface area contributed by atoms with Crippen molar-refractivity contribution < 1.29 is 24.5 Å². The maximum atomic E-state index is 12.4. The molecule has 0 fully saturated rings. The lowest BCUT2D eigenvalue weighted by Gasteiger charge is -2.20. The number of rotatable bonds is 49. The maximum absolute atomic E-state index is 12.4. The van der Waals surface area contributed by atoms with E-state index in [1.54, 1.807) is 6.08 Å². The summed E-state index contributed by atoms with van der Waals surface area (Å²) in [5.74, 6) is -0.131. The molecule has 0 radical (unpaired) electrons. The molecule has 0 aliphatic carbocycles. The minimum Gasteiger partial charge on any atom is -0.466 e. The number of ether oxygens (including phenoxy) is 1. The quantitative estimate of drug-likeness (QED) is 0.0322. The summed E-state index contributed by atoms with van der Waals surface area (Å²) in [5.41, 5.74) is 0. The van der Waals surface area contributed by atoms with E-state index in [-0.39, 0.29) is 18.5 Å². The second-order valence-corrected chi connectivity index (χ2v) is 18.2. The fraction of sp³-hybridized carbons (Fsp3) is 0.889. The lowest BCUT2D eigenvalue weighted by molar-refractivity contribution is -0.143. The van der Waals surface area contributed by atoms with Crippen LogP contribution < -0.4 is 5.32 Å². The van der Waals surface area contributed by atoms with Crippen molar-refractivity contribution in [2.45, 2.75) is 296 Å². The summed E-state index contributed by atoms with van der Waals surface area (Å²) in [6.45, 7) is 4.82. The third-order valence-electron chi connectivity index (χ3n) is 12.2. The molecule has 60 heavy (non-hydrogen) atoms. The van der Waals surface area contributed by atoms with Gasteiger partial charge in [0.05, 0.1) is 25.4 Å². The van der Waals surface area contributed by atoms with Crippen molar-refractivity contribution in [1.29, 1.82) is 0 Å². The molecule has 354 valence electrons. The number of unbranched alkanes of at least 4 members (excludes halogenated alkanes) is 36. The Hall–Kier alpha value is -1.66. The van der Waals surface area contributed by atoms with Crippen LogP contribution in [0.25, 0.3) is 0 Å². The summed E-state index contributed by atoms with van der Waals surface area (Å²) in [6.07, 6.45) is 59.0. The normalized spacial score (nSPS) is 12.8. The van der Waals surface area contributed by atoms with Gasteiger partial charge in [-0.15, -0.1) is 0 Å². The van der Waals surface area contributed by atoms with E-state index < -0.39 is 12.1 Å². The molecule has 0 aromatic heterocycles. The summed E-state index contributed by atoms with van der Waals surface area (Å²) in [4.78, 5) is 24.4. The van der Waals surface area contributed by atoms with Gasteiger partial charge in [-0.2, -0.15) is 0 Å². The molecule has 0 spiro atoms. The summed E-state index contributed by atoms with van der Waals surface area (Å²) in [6, 6.07) is -0.649. The van der Waals surface area contributed by atoms with Crippen molar-refractivity contribution in [2.24, 2.45) is 0 Å². The van der Waals surface area contributed by atoms with Crippen LogP contribution in [-0.4, -0.2) is 47.4 Å². The van der Waals surface area contributed by atoms with Gasteiger partial charge in [-0.1, -0.05) is 237 Å². The summed E-state index contributed by atoms with van der Waals surface area (Å²) < 4.78 is 5.43. The number of esters is 1. The number of hydrogen-bond donors (Lipinski definition) is 3. The average molecular weight is 846 g/mol. The van der Waals surface area contributed by atoms with E-state index >= 15 is 0 Å².